The molecular weight excluding hydrogens is 310 g/mol. The van der Waals surface area contributed by atoms with Gasteiger partial charge in [-0.3, -0.25) is 19.9 Å². The summed E-state index contributed by atoms with van der Waals surface area (Å²) in [5, 5.41) is 14.2. The Morgan fingerprint density at radius 2 is 1.92 bits per heavy atom. The number of ether oxygens (including phenoxy) is 1. The van der Waals surface area contributed by atoms with Crippen molar-refractivity contribution < 1.29 is 14.5 Å². The minimum Gasteiger partial charge on any atom is -0.484 e. The number of hydrogen-bond acceptors (Lipinski definition) is 5. The summed E-state index contributed by atoms with van der Waals surface area (Å²) < 4.78 is 5.34. The maximum atomic E-state index is 12.0. The third-order valence-corrected chi connectivity index (χ3v) is 3.34. The number of nitrogens with zero attached hydrogens (tertiary/aromatic N) is 2. The maximum Gasteiger partial charge on any atom is 0.269 e. The number of hydrogen-bond donors (Lipinski definition) is 1. The quantitative estimate of drug-likeness (QED) is 0.575. The summed E-state index contributed by atoms with van der Waals surface area (Å²) in [5.41, 5.74) is 1.40. The molecule has 1 aromatic heterocycles. The summed E-state index contributed by atoms with van der Waals surface area (Å²) in [6.07, 6.45) is 1.69. The minimum atomic E-state index is -0.495. The van der Waals surface area contributed by atoms with Gasteiger partial charge in [-0.1, -0.05) is 6.07 Å². The molecule has 2 aromatic carbocycles. The van der Waals surface area contributed by atoms with Gasteiger partial charge in [-0.2, -0.15) is 0 Å². The van der Waals surface area contributed by atoms with Gasteiger partial charge in [-0.25, -0.2) is 0 Å². The van der Waals surface area contributed by atoms with Gasteiger partial charge in [0.25, 0.3) is 11.6 Å². The molecule has 0 radical (unpaired) electrons. The molecule has 120 valence electrons. The Bertz CT molecular complexity index is 888. The van der Waals surface area contributed by atoms with Crippen LogP contribution in [0.4, 0.5) is 11.4 Å². The molecule has 0 aliphatic heterocycles. The van der Waals surface area contributed by atoms with E-state index in [0.29, 0.717) is 11.4 Å². The fourth-order valence-electron chi connectivity index (χ4n) is 2.21. The van der Waals surface area contributed by atoms with Crippen LogP contribution in [0.25, 0.3) is 10.9 Å². The number of nitrogens with one attached hydrogen (secondary N) is 1. The van der Waals surface area contributed by atoms with Crippen LogP contribution in [-0.4, -0.2) is 22.4 Å². The smallest absolute Gasteiger partial charge is 0.269 e. The molecular formula is C17H13N3O4. The van der Waals surface area contributed by atoms with Crippen LogP contribution in [-0.2, 0) is 4.79 Å². The van der Waals surface area contributed by atoms with Crippen molar-refractivity contribution in [3.05, 3.63) is 70.9 Å². The molecule has 0 spiro atoms. The van der Waals surface area contributed by atoms with E-state index in [4.69, 9.17) is 4.74 Å². The molecule has 7 heteroatoms. The number of fused-ring (bicyclic) bond motifs is 1. The SMILES string of the molecule is O=C(COc1ccc([N+](=O)[O-])cc1)Nc1cccc2ncccc12. The number of rotatable bonds is 5. The lowest BCUT2D eigenvalue weighted by Crippen LogP contribution is -2.20. The van der Waals surface area contributed by atoms with Gasteiger partial charge < -0.3 is 10.1 Å². The van der Waals surface area contributed by atoms with E-state index in [1.54, 1.807) is 18.3 Å². The van der Waals surface area contributed by atoms with Crippen molar-refractivity contribution >= 4 is 28.2 Å². The van der Waals surface area contributed by atoms with Gasteiger partial charge in [0.15, 0.2) is 6.61 Å². The molecule has 0 saturated heterocycles. The number of nitro benzene ring substituents is 1. The number of aromatic nitrogens is 1. The first-order valence-electron chi connectivity index (χ1n) is 7.14. The van der Waals surface area contributed by atoms with Crippen LogP contribution in [0.3, 0.4) is 0 Å². The molecule has 1 heterocycles. The van der Waals surface area contributed by atoms with Crippen LogP contribution in [0.15, 0.2) is 60.8 Å². The number of benzene rings is 2. The Morgan fingerprint density at radius 1 is 1.12 bits per heavy atom. The molecule has 7 nitrogen and oxygen atoms in total. The average Bonchev–Trinajstić information content (AvgIpc) is 2.61. The summed E-state index contributed by atoms with van der Waals surface area (Å²) in [7, 11) is 0. The topological polar surface area (TPSA) is 94.4 Å². The van der Waals surface area contributed by atoms with Crippen LogP contribution in [0, 0.1) is 10.1 Å². The molecule has 0 aliphatic rings. The van der Waals surface area contributed by atoms with Crippen LogP contribution in [0.1, 0.15) is 0 Å². The van der Waals surface area contributed by atoms with E-state index >= 15 is 0 Å². The molecule has 0 aliphatic carbocycles. The molecule has 0 bridgehead atoms. The fourth-order valence-corrected chi connectivity index (χ4v) is 2.21. The Morgan fingerprint density at radius 3 is 2.67 bits per heavy atom. The van der Waals surface area contributed by atoms with Gasteiger partial charge in [0.1, 0.15) is 5.75 Å². The normalized spacial score (nSPS) is 10.3. The molecule has 24 heavy (non-hydrogen) atoms. The first kappa shape index (κ1) is 15.4. The van der Waals surface area contributed by atoms with Gasteiger partial charge in [0, 0.05) is 23.7 Å². The molecule has 3 rings (SSSR count). The van der Waals surface area contributed by atoms with E-state index in [2.05, 4.69) is 10.3 Å². The maximum absolute atomic E-state index is 12.0. The van der Waals surface area contributed by atoms with Gasteiger partial charge in [-0.15, -0.1) is 0 Å². The van der Waals surface area contributed by atoms with E-state index in [0.717, 1.165) is 10.9 Å². The molecule has 0 fully saturated rings. The number of pyridine rings is 1. The summed E-state index contributed by atoms with van der Waals surface area (Å²) in [6, 6.07) is 14.7. The Hall–Kier alpha value is -3.48. The predicted octanol–water partition coefficient (Wildman–Crippen LogP) is 3.16. The highest BCUT2D eigenvalue weighted by Gasteiger charge is 2.08. The molecule has 1 N–H and O–H groups in total. The fraction of sp³-hybridized carbons (Fsp3) is 0.0588. The van der Waals surface area contributed by atoms with E-state index in [1.807, 2.05) is 18.2 Å². The number of amides is 1. The zero-order valence-electron chi connectivity index (χ0n) is 12.5. The molecule has 0 atom stereocenters. The summed E-state index contributed by atoms with van der Waals surface area (Å²) >= 11 is 0. The van der Waals surface area contributed by atoms with E-state index in [1.165, 1.54) is 24.3 Å². The lowest BCUT2D eigenvalue weighted by atomic mass is 10.2. The second-order valence-corrected chi connectivity index (χ2v) is 4.96. The van der Waals surface area contributed by atoms with Crippen molar-refractivity contribution in [2.75, 3.05) is 11.9 Å². The molecule has 3 aromatic rings. The minimum absolute atomic E-state index is 0.0324. The van der Waals surface area contributed by atoms with Crippen LogP contribution in [0.5, 0.6) is 5.75 Å². The number of nitro groups is 1. The van der Waals surface area contributed by atoms with Crippen molar-refractivity contribution in [2.45, 2.75) is 0 Å². The Labute approximate surface area is 137 Å². The second-order valence-electron chi connectivity index (χ2n) is 4.96. The van der Waals surface area contributed by atoms with Gasteiger partial charge in [0.2, 0.25) is 0 Å². The van der Waals surface area contributed by atoms with Crippen LogP contribution >= 0.6 is 0 Å². The summed E-state index contributed by atoms with van der Waals surface area (Å²) in [6.45, 7) is -0.200. The van der Waals surface area contributed by atoms with Crippen molar-refractivity contribution in [1.29, 1.82) is 0 Å². The molecule has 0 unspecified atom stereocenters. The third-order valence-electron chi connectivity index (χ3n) is 3.34. The first-order valence-corrected chi connectivity index (χ1v) is 7.14. The average molecular weight is 323 g/mol. The zero-order valence-corrected chi connectivity index (χ0v) is 12.5. The third kappa shape index (κ3) is 3.46. The van der Waals surface area contributed by atoms with E-state index in [-0.39, 0.29) is 18.2 Å². The van der Waals surface area contributed by atoms with Crippen LogP contribution < -0.4 is 10.1 Å². The van der Waals surface area contributed by atoms with E-state index < -0.39 is 4.92 Å². The Balaban J connectivity index is 1.64. The second kappa shape index (κ2) is 6.74. The van der Waals surface area contributed by atoms with Gasteiger partial charge in [0.05, 0.1) is 16.1 Å². The van der Waals surface area contributed by atoms with Crippen molar-refractivity contribution in [3.63, 3.8) is 0 Å². The highest BCUT2D eigenvalue weighted by atomic mass is 16.6. The van der Waals surface area contributed by atoms with Crippen molar-refractivity contribution in [3.8, 4) is 5.75 Å². The summed E-state index contributed by atoms with van der Waals surface area (Å²) in [5.74, 6) is 0.0556. The van der Waals surface area contributed by atoms with E-state index in [9.17, 15) is 14.9 Å². The molecule has 0 saturated carbocycles. The lowest BCUT2D eigenvalue weighted by Gasteiger charge is -2.09. The number of carbonyl (C=O) groups excluding carboxylic acids is 1. The lowest BCUT2D eigenvalue weighted by molar-refractivity contribution is -0.384. The molecule has 1 amide bonds. The number of carbonyl (C=O) groups is 1. The number of anilines is 1. The number of non-ortho nitro benzene ring substituents is 1. The Kier molecular flexibility index (Phi) is 4.33. The summed E-state index contributed by atoms with van der Waals surface area (Å²) in [4.78, 5) is 26.4. The standard InChI is InChI=1S/C17H13N3O4/c21-17(11-24-13-8-6-12(7-9-13)20(22)23)19-16-5-1-4-15-14(16)3-2-10-18-15/h1-10H,11H2,(H,19,21). The van der Waals surface area contributed by atoms with Crippen molar-refractivity contribution in [2.24, 2.45) is 0 Å². The van der Waals surface area contributed by atoms with Gasteiger partial charge >= 0.3 is 0 Å². The van der Waals surface area contributed by atoms with Crippen molar-refractivity contribution in [1.82, 2.24) is 4.98 Å². The predicted molar refractivity (Wildman–Crippen MR) is 89.0 cm³/mol. The van der Waals surface area contributed by atoms with Crippen LogP contribution in [0.2, 0.25) is 0 Å². The first-order chi connectivity index (χ1) is 11.6. The monoisotopic (exact) mass is 323 g/mol. The van der Waals surface area contributed by atoms with Gasteiger partial charge in [-0.05, 0) is 36.4 Å². The highest BCUT2D eigenvalue weighted by molar-refractivity contribution is 6.01. The highest BCUT2D eigenvalue weighted by Crippen LogP contribution is 2.21. The zero-order chi connectivity index (χ0) is 16.9. The largest absolute Gasteiger partial charge is 0.484 e.